The Hall–Kier alpha value is -0.530. The predicted octanol–water partition coefficient (Wildman–Crippen LogP) is 0.731. The lowest BCUT2D eigenvalue weighted by Gasteiger charge is -2.38. The molecule has 0 aromatic heterocycles. The summed E-state index contributed by atoms with van der Waals surface area (Å²) in [5.41, 5.74) is 0. The van der Waals surface area contributed by atoms with E-state index in [-0.39, 0.29) is 0 Å². The van der Waals surface area contributed by atoms with Crippen LogP contribution in [0.4, 0.5) is 0 Å². The largest absolute Gasteiger partial charge is 0.345 e. The topological polar surface area (TPSA) is 20.3 Å². The lowest BCUT2D eigenvalue weighted by Crippen LogP contribution is -2.47. The van der Waals surface area contributed by atoms with Crippen molar-refractivity contribution in [2.24, 2.45) is 11.8 Å². The Balaban J connectivity index is 2.19. The van der Waals surface area contributed by atoms with Gasteiger partial charge in [-0.1, -0.05) is 13.8 Å². The maximum atomic E-state index is 10.1. The van der Waals surface area contributed by atoms with Crippen molar-refractivity contribution in [3.8, 4) is 0 Å². The molecule has 0 unspecified atom stereocenters. The van der Waals surface area contributed by atoms with Crippen LogP contribution in [0.25, 0.3) is 0 Å². The minimum atomic E-state index is 0.737. The van der Waals surface area contributed by atoms with E-state index < -0.39 is 0 Å². The van der Waals surface area contributed by atoms with Gasteiger partial charge in [-0.2, -0.15) is 0 Å². The van der Waals surface area contributed by atoms with E-state index in [2.05, 4.69) is 13.8 Å². The summed E-state index contributed by atoms with van der Waals surface area (Å²) in [7, 11) is 0. The van der Waals surface area contributed by atoms with Crippen LogP contribution in [0.3, 0.4) is 0 Å². The molecule has 0 aromatic carbocycles. The van der Waals surface area contributed by atoms with Gasteiger partial charge in [0.25, 0.3) is 0 Å². The first kappa shape index (κ1) is 6.59. The molecule has 1 aliphatic heterocycles. The van der Waals surface area contributed by atoms with Crippen LogP contribution in [0.15, 0.2) is 0 Å². The van der Waals surface area contributed by atoms with Crippen LogP contribution in [0, 0.1) is 11.8 Å². The highest BCUT2D eigenvalue weighted by Gasteiger charge is 2.27. The van der Waals surface area contributed by atoms with E-state index in [1.807, 2.05) is 4.90 Å². The first-order valence-corrected chi connectivity index (χ1v) is 3.43. The molecule has 9 heavy (non-hydrogen) atoms. The van der Waals surface area contributed by atoms with Gasteiger partial charge in [0.05, 0.1) is 0 Å². The summed E-state index contributed by atoms with van der Waals surface area (Å²) in [5.74, 6) is 1.50. The fourth-order valence-corrected chi connectivity index (χ4v) is 1.06. The van der Waals surface area contributed by atoms with Crippen LogP contribution in [0.1, 0.15) is 13.8 Å². The number of carbonyl (C=O) groups is 1. The smallest absolute Gasteiger partial charge is 0.209 e. The number of hydrogen-bond donors (Lipinski definition) is 0. The second kappa shape index (κ2) is 2.38. The van der Waals surface area contributed by atoms with Crippen molar-refractivity contribution in [3.63, 3.8) is 0 Å². The van der Waals surface area contributed by atoms with E-state index in [1.165, 1.54) is 0 Å². The van der Waals surface area contributed by atoms with Crippen LogP contribution < -0.4 is 0 Å². The summed E-state index contributed by atoms with van der Waals surface area (Å²) in [6, 6.07) is 0. The molecule has 0 aromatic rings. The minimum Gasteiger partial charge on any atom is -0.345 e. The molecule has 0 spiro atoms. The molecular formula is C7H13NO. The zero-order valence-corrected chi connectivity index (χ0v) is 6.00. The highest BCUT2D eigenvalue weighted by Crippen LogP contribution is 2.20. The molecule has 1 heterocycles. The maximum absolute atomic E-state index is 10.1. The third kappa shape index (κ3) is 1.23. The lowest BCUT2D eigenvalue weighted by atomic mass is 9.89. The Labute approximate surface area is 55.8 Å². The summed E-state index contributed by atoms with van der Waals surface area (Å²) >= 11 is 0. The van der Waals surface area contributed by atoms with Gasteiger partial charge in [-0.25, -0.2) is 0 Å². The fourth-order valence-electron chi connectivity index (χ4n) is 1.06. The Kier molecular flexibility index (Phi) is 1.74. The third-order valence-electron chi connectivity index (χ3n) is 2.03. The highest BCUT2D eigenvalue weighted by atomic mass is 16.1. The van der Waals surface area contributed by atoms with Crippen molar-refractivity contribution in [3.05, 3.63) is 0 Å². The average molecular weight is 127 g/mol. The second-order valence-corrected chi connectivity index (χ2v) is 3.06. The number of hydrogen-bond acceptors (Lipinski definition) is 1. The van der Waals surface area contributed by atoms with Crippen LogP contribution in [-0.4, -0.2) is 24.4 Å². The molecular weight excluding hydrogens is 114 g/mol. The Morgan fingerprint density at radius 1 is 1.56 bits per heavy atom. The number of nitrogens with zero attached hydrogens (tertiary/aromatic N) is 1. The van der Waals surface area contributed by atoms with E-state index in [1.54, 1.807) is 0 Å². The van der Waals surface area contributed by atoms with Crippen molar-refractivity contribution in [1.82, 2.24) is 4.90 Å². The zero-order valence-electron chi connectivity index (χ0n) is 6.00. The molecule has 0 radical (unpaired) electrons. The van der Waals surface area contributed by atoms with Crippen molar-refractivity contribution < 1.29 is 4.79 Å². The Bertz CT molecular complexity index is 105. The highest BCUT2D eigenvalue weighted by molar-refractivity contribution is 5.48. The Morgan fingerprint density at radius 3 is 2.44 bits per heavy atom. The quantitative estimate of drug-likeness (QED) is 0.501. The van der Waals surface area contributed by atoms with Crippen LogP contribution in [-0.2, 0) is 4.79 Å². The molecule has 1 fully saturated rings. The molecule has 0 aliphatic carbocycles. The summed E-state index contributed by atoms with van der Waals surface area (Å²) < 4.78 is 0. The number of rotatable bonds is 2. The van der Waals surface area contributed by atoms with Gasteiger partial charge >= 0.3 is 0 Å². The molecule has 2 nitrogen and oxygen atoms in total. The molecule has 2 heteroatoms. The Morgan fingerprint density at radius 2 is 2.11 bits per heavy atom. The van der Waals surface area contributed by atoms with Gasteiger partial charge in [0.15, 0.2) is 0 Å². The van der Waals surface area contributed by atoms with Crippen LogP contribution in [0.2, 0.25) is 0 Å². The number of likely N-dealkylation sites (tertiary alicyclic amines) is 1. The van der Waals surface area contributed by atoms with E-state index in [0.29, 0.717) is 0 Å². The van der Waals surface area contributed by atoms with Gasteiger partial charge < -0.3 is 4.90 Å². The third-order valence-corrected chi connectivity index (χ3v) is 2.03. The molecule has 0 N–H and O–H groups in total. The summed E-state index contributed by atoms with van der Waals surface area (Å²) in [5, 5.41) is 0. The van der Waals surface area contributed by atoms with Gasteiger partial charge in [0, 0.05) is 13.1 Å². The van der Waals surface area contributed by atoms with Crippen molar-refractivity contribution in [1.29, 1.82) is 0 Å². The first-order valence-electron chi connectivity index (χ1n) is 3.43. The van der Waals surface area contributed by atoms with E-state index in [4.69, 9.17) is 0 Å². The van der Waals surface area contributed by atoms with Crippen LogP contribution in [0.5, 0.6) is 0 Å². The normalized spacial score (nSPS) is 20.1. The molecule has 0 atom stereocenters. The predicted molar refractivity (Wildman–Crippen MR) is 36.0 cm³/mol. The minimum absolute atomic E-state index is 0.737. The van der Waals surface area contributed by atoms with E-state index >= 15 is 0 Å². The maximum Gasteiger partial charge on any atom is 0.209 e. The SMILES string of the molecule is CC(C)C1CN(C=O)C1. The molecule has 1 amide bonds. The van der Waals surface area contributed by atoms with Crippen molar-refractivity contribution >= 4 is 6.41 Å². The molecule has 1 aliphatic rings. The zero-order chi connectivity index (χ0) is 6.85. The second-order valence-electron chi connectivity index (χ2n) is 3.06. The van der Waals surface area contributed by atoms with Crippen LogP contribution >= 0.6 is 0 Å². The molecule has 0 saturated carbocycles. The number of amides is 1. The molecule has 1 rings (SSSR count). The van der Waals surface area contributed by atoms with Gasteiger partial charge in [0.2, 0.25) is 6.41 Å². The molecule has 52 valence electrons. The van der Waals surface area contributed by atoms with Gasteiger partial charge in [0.1, 0.15) is 0 Å². The summed E-state index contributed by atoms with van der Waals surface area (Å²) in [4.78, 5) is 11.9. The lowest BCUT2D eigenvalue weighted by molar-refractivity contribution is -0.124. The van der Waals surface area contributed by atoms with Gasteiger partial charge in [-0.05, 0) is 11.8 Å². The number of carbonyl (C=O) groups excluding carboxylic acids is 1. The fraction of sp³-hybridized carbons (Fsp3) is 0.857. The summed E-state index contributed by atoms with van der Waals surface area (Å²) in [6.45, 7) is 6.35. The van der Waals surface area contributed by atoms with E-state index in [9.17, 15) is 4.79 Å². The average Bonchev–Trinajstić information content (AvgIpc) is 1.61. The van der Waals surface area contributed by atoms with E-state index in [0.717, 1.165) is 31.3 Å². The molecule has 1 saturated heterocycles. The standard InChI is InChI=1S/C7H13NO/c1-6(2)7-3-8(4-7)5-9/h5-7H,3-4H2,1-2H3. The van der Waals surface area contributed by atoms with Crippen molar-refractivity contribution in [2.75, 3.05) is 13.1 Å². The first-order chi connectivity index (χ1) is 4.24. The van der Waals surface area contributed by atoms with Gasteiger partial charge in [-0.15, -0.1) is 0 Å². The van der Waals surface area contributed by atoms with Gasteiger partial charge in [-0.3, -0.25) is 4.79 Å². The molecule has 0 bridgehead atoms. The summed E-state index contributed by atoms with van der Waals surface area (Å²) in [6.07, 6.45) is 0.929. The van der Waals surface area contributed by atoms with Crippen molar-refractivity contribution in [2.45, 2.75) is 13.8 Å². The monoisotopic (exact) mass is 127 g/mol.